The first-order chi connectivity index (χ1) is 17.4. The van der Waals surface area contributed by atoms with Gasteiger partial charge in [0, 0.05) is 13.1 Å². The van der Waals surface area contributed by atoms with Crippen LogP contribution in [0.3, 0.4) is 0 Å². The first-order valence-corrected chi connectivity index (χ1v) is 12.5. The molecular weight excluding hydrogens is 458 g/mol. The van der Waals surface area contributed by atoms with Crippen molar-refractivity contribution in [3.63, 3.8) is 0 Å². The average Bonchev–Trinajstić information content (AvgIpc) is 2.89. The molecule has 0 saturated heterocycles. The summed E-state index contributed by atoms with van der Waals surface area (Å²) in [4.78, 5) is 51.7. The lowest BCUT2D eigenvalue weighted by atomic mass is 10.0. The molecule has 0 radical (unpaired) electrons. The van der Waals surface area contributed by atoms with Crippen molar-refractivity contribution >= 4 is 27.5 Å². The molecule has 188 valence electrons. The summed E-state index contributed by atoms with van der Waals surface area (Å²) in [6, 6.07) is 17.5. The van der Waals surface area contributed by atoms with Crippen molar-refractivity contribution in [2.75, 3.05) is 0 Å². The maximum absolute atomic E-state index is 13.0. The zero-order chi connectivity index (χ0) is 25.8. The van der Waals surface area contributed by atoms with E-state index in [9.17, 15) is 19.2 Å². The van der Waals surface area contributed by atoms with Gasteiger partial charge in [0.2, 0.25) is 0 Å². The smallest absolute Gasteiger partial charge is 0.338 e. The fourth-order valence-electron chi connectivity index (χ4n) is 4.41. The van der Waals surface area contributed by atoms with E-state index >= 15 is 0 Å². The van der Waals surface area contributed by atoms with Gasteiger partial charge >= 0.3 is 23.0 Å². The molecule has 8 heteroatoms. The van der Waals surface area contributed by atoms with Gasteiger partial charge in [-0.3, -0.25) is 0 Å². The summed E-state index contributed by atoms with van der Waals surface area (Å²) >= 11 is 0. The Bertz CT molecular complexity index is 1550. The monoisotopic (exact) mass is 489 g/mol. The van der Waals surface area contributed by atoms with Gasteiger partial charge in [-0.15, -0.1) is 0 Å². The molecule has 0 saturated carbocycles. The van der Waals surface area contributed by atoms with Crippen molar-refractivity contribution < 1.29 is 9.53 Å². The Kier molecular flexibility index (Phi) is 7.52. The van der Waals surface area contributed by atoms with Crippen molar-refractivity contribution in [3.05, 3.63) is 91.6 Å². The predicted octanol–water partition coefficient (Wildman–Crippen LogP) is 3.93. The van der Waals surface area contributed by atoms with Gasteiger partial charge in [-0.1, -0.05) is 51.1 Å². The van der Waals surface area contributed by atoms with E-state index in [0.717, 1.165) is 35.2 Å². The van der Waals surface area contributed by atoms with Crippen LogP contribution in [0.2, 0.25) is 0 Å². The van der Waals surface area contributed by atoms with Crippen molar-refractivity contribution in [1.29, 1.82) is 0 Å². The van der Waals surface area contributed by atoms with E-state index < -0.39 is 29.1 Å². The van der Waals surface area contributed by atoms with E-state index in [2.05, 4.69) is 6.07 Å². The Labute approximate surface area is 208 Å². The molecule has 1 heterocycles. The van der Waals surface area contributed by atoms with Crippen molar-refractivity contribution in [1.82, 2.24) is 13.7 Å². The standard InChI is InChI=1S/C28H31N3O5/c1-4-13-29-26(33)30(14-5-2)28(35)31(27(29)34)18-24(6-3)36-25(32)22-12-11-21-15-19-9-7-8-10-20(19)16-23(21)17-22/h7-12,15-17,24H,4-6,13-14,18H2,1-3H3. The van der Waals surface area contributed by atoms with Crippen LogP contribution in [0.5, 0.6) is 0 Å². The lowest BCUT2D eigenvalue weighted by Crippen LogP contribution is -2.55. The Morgan fingerprint density at radius 2 is 1.25 bits per heavy atom. The molecule has 8 nitrogen and oxygen atoms in total. The summed E-state index contributed by atoms with van der Waals surface area (Å²) in [5, 5.41) is 4.13. The molecule has 0 aliphatic carbocycles. The van der Waals surface area contributed by atoms with Crippen LogP contribution in [0.1, 0.15) is 50.4 Å². The van der Waals surface area contributed by atoms with E-state index in [4.69, 9.17) is 4.74 Å². The number of hydrogen-bond acceptors (Lipinski definition) is 5. The van der Waals surface area contributed by atoms with E-state index in [1.165, 1.54) is 0 Å². The lowest BCUT2D eigenvalue weighted by molar-refractivity contribution is 0.0242. The Balaban J connectivity index is 1.63. The molecule has 0 aliphatic rings. The number of rotatable bonds is 9. The fraction of sp³-hybridized carbons (Fsp3) is 0.357. The molecule has 0 amide bonds. The van der Waals surface area contributed by atoms with Gasteiger partial charge in [0.1, 0.15) is 6.10 Å². The molecule has 3 aromatic carbocycles. The predicted molar refractivity (Wildman–Crippen MR) is 141 cm³/mol. The number of carbonyl (C=O) groups is 1. The van der Waals surface area contributed by atoms with Gasteiger partial charge in [-0.05, 0) is 65.1 Å². The highest BCUT2D eigenvalue weighted by molar-refractivity contribution is 6.01. The minimum Gasteiger partial charge on any atom is -0.457 e. The van der Waals surface area contributed by atoms with Crippen LogP contribution in [0.25, 0.3) is 21.5 Å². The van der Waals surface area contributed by atoms with Crippen molar-refractivity contribution in [2.45, 2.75) is 65.8 Å². The third-order valence-electron chi connectivity index (χ3n) is 6.34. The van der Waals surface area contributed by atoms with E-state index in [1.807, 2.05) is 57.2 Å². The second kappa shape index (κ2) is 10.8. The quantitative estimate of drug-likeness (QED) is 0.262. The molecule has 1 unspecified atom stereocenters. The number of benzene rings is 3. The maximum Gasteiger partial charge on any atom is 0.338 e. The number of nitrogens with zero attached hydrogens (tertiary/aromatic N) is 3. The second-order valence-electron chi connectivity index (χ2n) is 8.96. The summed E-state index contributed by atoms with van der Waals surface area (Å²) in [5.41, 5.74) is -1.56. The summed E-state index contributed by atoms with van der Waals surface area (Å²) in [7, 11) is 0. The minimum atomic E-state index is -0.710. The summed E-state index contributed by atoms with van der Waals surface area (Å²) < 4.78 is 8.91. The van der Waals surface area contributed by atoms with E-state index in [-0.39, 0.29) is 19.6 Å². The second-order valence-corrected chi connectivity index (χ2v) is 8.96. The van der Waals surface area contributed by atoms with Crippen LogP contribution in [0.15, 0.2) is 69.0 Å². The van der Waals surface area contributed by atoms with Crippen LogP contribution in [0.4, 0.5) is 0 Å². The van der Waals surface area contributed by atoms with Crippen LogP contribution in [-0.4, -0.2) is 25.8 Å². The molecule has 0 N–H and O–H groups in total. The maximum atomic E-state index is 13.0. The SMILES string of the molecule is CCCn1c(=O)n(CCC)c(=O)n(CC(CC)OC(=O)c2ccc3cc4ccccc4cc3c2)c1=O. The largest absolute Gasteiger partial charge is 0.457 e. The summed E-state index contributed by atoms with van der Waals surface area (Å²) in [5.74, 6) is -0.527. The summed E-state index contributed by atoms with van der Waals surface area (Å²) in [6.45, 7) is 5.84. The lowest BCUT2D eigenvalue weighted by Gasteiger charge is -2.19. The van der Waals surface area contributed by atoms with Gasteiger partial charge in [-0.2, -0.15) is 0 Å². The van der Waals surface area contributed by atoms with Gasteiger partial charge in [-0.25, -0.2) is 32.9 Å². The number of esters is 1. The molecule has 0 aliphatic heterocycles. The van der Waals surface area contributed by atoms with Gasteiger partial charge in [0.15, 0.2) is 0 Å². The molecule has 0 spiro atoms. The third-order valence-corrected chi connectivity index (χ3v) is 6.34. The van der Waals surface area contributed by atoms with Crippen LogP contribution in [0, 0.1) is 0 Å². The first-order valence-electron chi connectivity index (χ1n) is 12.5. The Morgan fingerprint density at radius 3 is 1.81 bits per heavy atom. The summed E-state index contributed by atoms with van der Waals surface area (Å²) in [6.07, 6.45) is 0.834. The highest BCUT2D eigenvalue weighted by Crippen LogP contribution is 2.24. The van der Waals surface area contributed by atoms with Gasteiger partial charge in [0.25, 0.3) is 0 Å². The minimum absolute atomic E-state index is 0.119. The Hall–Kier alpha value is -3.94. The van der Waals surface area contributed by atoms with Gasteiger partial charge in [0.05, 0.1) is 12.1 Å². The van der Waals surface area contributed by atoms with Gasteiger partial charge < -0.3 is 4.74 Å². The van der Waals surface area contributed by atoms with E-state index in [0.29, 0.717) is 24.8 Å². The number of aromatic nitrogens is 3. The topological polar surface area (TPSA) is 92.3 Å². The number of fused-ring (bicyclic) bond motifs is 2. The molecule has 1 aromatic heterocycles. The molecular formula is C28H31N3O5. The Morgan fingerprint density at radius 1 is 0.722 bits per heavy atom. The molecule has 0 bridgehead atoms. The molecule has 1 atom stereocenters. The third kappa shape index (κ3) is 4.89. The number of ether oxygens (including phenoxy) is 1. The first kappa shape index (κ1) is 25.2. The van der Waals surface area contributed by atoms with E-state index in [1.54, 1.807) is 12.1 Å². The average molecular weight is 490 g/mol. The van der Waals surface area contributed by atoms with Crippen molar-refractivity contribution in [2.24, 2.45) is 0 Å². The number of hydrogen-bond donors (Lipinski definition) is 0. The van der Waals surface area contributed by atoms with Crippen molar-refractivity contribution in [3.8, 4) is 0 Å². The highest BCUT2D eigenvalue weighted by atomic mass is 16.5. The van der Waals surface area contributed by atoms with Crippen LogP contribution < -0.4 is 17.1 Å². The zero-order valence-corrected chi connectivity index (χ0v) is 20.9. The molecule has 4 rings (SSSR count). The number of carbonyl (C=O) groups excluding carboxylic acids is 1. The zero-order valence-electron chi connectivity index (χ0n) is 20.9. The van der Waals surface area contributed by atoms with Crippen LogP contribution in [-0.2, 0) is 24.4 Å². The fourth-order valence-corrected chi connectivity index (χ4v) is 4.41. The highest BCUT2D eigenvalue weighted by Gasteiger charge is 2.21. The van der Waals surface area contributed by atoms with Crippen LogP contribution >= 0.6 is 0 Å². The molecule has 36 heavy (non-hydrogen) atoms. The normalized spacial score (nSPS) is 12.2. The molecule has 0 fully saturated rings. The molecule has 4 aromatic rings.